The molecule has 1 aromatic rings. The lowest BCUT2D eigenvalue weighted by atomic mass is 10.0. The molecule has 0 radical (unpaired) electrons. The highest BCUT2D eigenvalue weighted by atomic mass is 79.9. The van der Waals surface area contributed by atoms with E-state index in [0.717, 1.165) is 16.7 Å². The van der Waals surface area contributed by atoms with Crippen molar-refractivity contribution < 1.29 is 4.79 Å². The van der Waals surface area contributed by atoms with Crippen LogP contribution in [0.2, 0.25) is 0 Å². The molecule has 0 amide bonds. The summed E-state index contributed by atoms with van der Waals surface area (Å²) in [5.74, 6) is 0.546. The Morgan fingerprint density at radius 3 is 2.79 bits per heavy atom. The summed E-state index contributed by atoms with van der Waals surface area (Å²) in [5.41, 5.74) is 2.78. The van der Waals surface area contributed by atoms with Gasteiger partial charge in [-0.1, -0.05) is 33.6 Å². The van der Waals surface area contributed by atoms with Crippen LogP contribution in [0.3, 0.4) is 0 Å². The predicted molar refractivity (Wildman–Crippen MR) is 63.5 cm³/mol. The first-order valence-corrected chi connectivity index (χ1v) is 6.09. The van der Waals surface area contributed by atoms with Crippen LogP contribution in [-0.4, -0.2) is 11.1 Å². The summed E-state index contributed by atoms with van der Waals surface area (Å²) in [6.45, 7) is 1.98. The molecule has 0 fully saturated rings. The minimum Gasteiger partial charge on any atom is -0.294 e. The maximum atomic E-state index is 11.7. The zero-order valence-corrected chi connectivity index (χ0v) is 10.4. The molecule has 1 rings (SSSR count). The van der Waals surface area contributed by atoms with E-state index in [1.165, 1.54) is 0 Å². The second-order valence-corrected chi connectivity index (χ2v) is 4.22. The Labute approximate surface area is 97.6 Å². The number of rotatable bonds is 4. The number of benzene rings is 1. The summed E-state index contributed by atoms with van der Waals surface area (Å²) in [7, 11) is 0. The number of alkyl halides is 2. The van der Waals surface area contributed by atoms with Gasteiger partial charge in [0.1, 0.15) is 0 Å². The van der Waals surface area contributed by atoms with Crippen molar-refractivity contribution in [2.45, 2.75) is 19.2 Å². The molecule has 0 aromatic heterocycles. The first-order chi connectivity index (χ1) is 6.69. The third-order valence-electron chi connectivity index (χ3n) is 2.03. The lowest BCUT2D eigenvalue weighted by Crippen LogP contribution is -2.03. The van der Waals surface area contributed by atoms with Crippen molar-refractivity contribution in [2.24, 2.45) is 0 Å². The number of hydrogen-bond acceptors (Lipinski definition) is 1. The second-order valence-electron chi connectivity index (χ2n) is 3.16. The molecule has 0 aliphatic rings. The molecular weight excluding hydrogens is 263 g/mol. The zero-order chi connectivity index (χ0) is 10.6. The van der Waals surface area contributed by atoms with Crippen molar-refractivity contribution in [1.82, 2.24) is 0 Å². The number of carbonyl (C=O) groups excluding carboxylic acids is 1. The monoisotopic (exact) mass is 274 g/mol. The highest BCUT2D eigenvalue weighted by Gasteiger charge is 2.09. The van der Waals surface area contributed by atoms with E-state index in [-0.39, 0.29) is 5.78 Å². The molecule has 76 valence electrons. The lowest BCUT2D eigenvalue weighted by molar-refractivity contribution is 0.0989. The van der Waals surface area contributed by atoms with E-state index in [0.29, 0.717) is 17.6 Å². The van der Waals surface area contributed by atoms with Crippen LogP contribution in [0.25, 0.3) is 0 Å². The van der Waals surface area contributed by atoms with E-state index in [1.807, 2.05) is 25.1 Å². The third-order valence-corrected chi connectivity index (χ3v) is 2.72. The standard InChI is InChI=1S/C11H12BrClO/c1-8-2-3-9(7-13)10(6-8)11(14)4-5-12/h2-3,6H,4-5,7H2,1H3. The largest absolute Gasteiger partial charge is 0.294 e. The summed E-state index contributed by atoms with van der Waals surface area (Å²) < 4.78 is 0. The van der Waals surface area contributed by atoms with E-state index in [9.17, 15) is 4.79 Å². The molecule has 0 aliphatic heterocycles. The van der Waals surface area contributed by atoms with Gasteiger partial charge in [0.2, 0.25) is 0 Å². The molecule has 0 unspecified atom stereocenters. The van der Waals surface area contributed by atoms with Gasteiger partial charge in [0, 0.05) is 23.2 Å². The van der Waals surface area contributed by atoms with Crippen LogP contribution < -0.4 is 0 Å². The molecule has 0 bridgehead atoms. The summed E-state index contributed by atoms with van der Waals surface area (Å²) in [6.07, 6.45) is 0.521. The molecule has 0 aliphatic carbocycles. The Bertz CT molecular complexity index is 336. The van der Waals surface area contributed by atoms with Gasteiger partial charge in [0.25, 0.3) is 0 Å². The van der Waals surface area contributed by atoms with E-state index in [2.05, 4.69) is 15.9 Å². The molecular formula is C11H12BrClO. The number of carbonyl (C=O) groups is 1. The van der Waals surface area contributed by atoms with E-state index in [4.69, 9.17) is 11.6 Å². The second kappa shape index (κ2) is 5.52. The summed E-state index contributed by atoms with van der Waals surface area (Å²) >= 11 is 9.02. The number of Topliss-reactive ketones (excluding diaryl/α,β-unsaturated/α-hetero) is 1. The topological polar surface area (TPSA) is 17.1 Å². The Balaban J connectivity index is 3.03. The summed E-state index contributed by atoms with van der Waals surface area (Å²) in [4.78, 5) is 11.7. The fourth-order valence-corrected chi connectivity index (χ4v) is 1.88. The van der Waals surface area contributed by atoms with Crippen LogP contribution in [-0.2, 0) is 5.88 Å². The van der Waals surface area contributed by atoms with E-state index in [1.54, 1.807) is 0 Å². The fraction of sp³-hybridized carbons (Fsp3) is 0.364. The normalized spacial score (nSPS) is 10.2. The Hall–Kier alpha value is -0.340. The van der Waals surface area contributed by atoms with Crippen molar-refractivity contribution in [3.8, 4) is 0 Å². The molecule has 0 heterocycles. The van der Waals surface area contributed by atoms with Gasteiger partial charge in [-0.2, -0.15) is 0 Å². The quantitative estimate of drug-likeness (QED) is 0.605. The maximum absolute atomic E-state index is 11.7. The minimum atomic E-state index is 0.154. The van der Waals surface area contributed by atoms with Gasteiger partial charge in [-0.15, -0.1) is 11.6 Å². The number of hydrogen-bond donors (Lipinski definition) is 0. The number of halogens is 2. The highest BCUT2D eigenvalue weighted by Crippen LogP contribution is 2.16. The first-order valence-electron chi connectivity index (χ1n) is 4.43. The molecule has 0 saturated carbocycles. The Morgan fingerprint density at radius 2 is 2.21 bits per heavy atom. The van der Waals surface area contributed by atoms with Crippen molar-refractivity contribution in [3.05, 3.63) is 34.9 Å². The van der Waals surface area contributed by atoms with E-state index >= 15 is 0 Å². The molecule has 0 atom stereocenters. The predicted octanol–water partition coefficient (Wildman–Crippen LogP) is 3.70. The fourth-order valence-electron chi connectivity index (χ4n) is 1.29. The van der Waals surface area contributed by atoms with Crippen LogP contribution in [0.4, 0.5) is 0 Å². The molecule has 14 heavy (non-hydrogen) atoms. The van der Waals surface area contributed by atoms with Gasteiger partial charge < -0.3 is 0 Å². The van der Waals surface area contributed by atoms with Crippen molar-refractivity contribution in [2.75, 3.05) is 5.33 Å². The SMILES string of the molecule is Cc1ccc(CCl)c(C(=O)CCBr)c1. The molecule has 1 aromatic carbocycles. The van der Waals surface area contributed by atoms with Crippen LogP contribution in [0.15, 0.2) is 18.2 Å². The number of ketones is 1. The molecule has 3 heteroatoms. The van der Waals surface area contributed by atoms with E-state index < -0.39 is 0 Å². The summed E-state index contributed by atoms with van der Waals surface area (Å²) in [6, 6.07) is 5.80. The number of aryl methyl sites for hydroxylation is 1. The Morgan fingerprint density at radius 1 is 1.50 bits per heavy atom. The molecule has 0 saturated heterocycles. The smallest absolute Gasteiger partial charge is 0.164 e. The van der Waals surface area contributed by atoms with Gasteiger partial charge in [0.05, 0.1) is 0 Å². The van der Waals surface area contributed by atoms with Crippen LogP contribution in [0, 0.1) is 6.92 Å². The average Bonchev–Trinajstić information content (AvgIpc) is 2.18. The van der Waals surface area contributed by atoms with Crippen molar-refractivity contribution in [1.29, 1.82) is 0 Å². The van der Waals surface area contributed by atoms with Gasteiger partial charge in [-0.05, 0) is 18.6 Å². The van der Waals surface area contributed by atoms with Gasteiger partial charge >= 0.3 is 0 Å². The van der Waals surface area contributed by atoms with Crippen molar-refractivity contribution in [3.63, 3.8) is 0 Å². The zero-order valence-electron chi connectivity index (χ0n) is 8.02. The third kappa shape index (κ3) is 2.82. The van der Waals surface area contributed by atoms with Gasteiger partial charge in [0.15, 0.2) is 5.78 Å². The first kappa shape index (κ1) is 11.7. The highest BCUT2D eigenvalue weighted by molar-refractivity contribution is 9.09. The van der Waals surface area contributed by atoms with Gasteiger partial charge in [-0.3, -0.25) is 4.79 Å². The molecule has 0 spiro atoms. The van der Waals surface area contributed by atoms with Crippen LogP contribution in [0.5, 0.6) is 0 Å². The molecule has 0 N–H and O–H groups in total. The summed E-state index contributed by atoms with van der Waals surface area (Å²) in [5, 5.41) is 0.696. The molecule has 1 nitrogen and oxygen atoms in total. The minimum absolute atomic E-state index is 0.154. The average molecular weight is 276 g/mol. The van der Waals surface area contributed by atoms with Crippen LogP contribution in [0.1, 0.15) is 27.9 Å². The maximum Gasteiger partial charge on any atom is 0.164 e. The van der Waals surface area contributed by atoms with Crippen molar-refractivity contribution >= 4 is 33.3 Å². The Kier molecular flexibility index (Phi) is 4.63. The lowest BCUT2D eigenvalue weighted by Gasteiger charge is -2.06. The van der Waals surface area contributed by atoms with Crippen LogP contribution >= 0.6 is 27.5 Å². The van der Waals surface area contributed by atoms with Gasteiger partial charge in [-0.25, -0.2) is 0 Å².